The number of fused-ring (bicyclic) bond motifs is 1. The van der Waals surface area contributed by atoms with Crippen LogP contribution in [0, 0.1) is 0 Å². The summed E-state index contributed by atoms with van der Waals surface area (Å²) in [4.78, 5) is 31.8. The molecule has 0 bridgehead atoms. The van der Waals surface area contributed by atoms with Crippen LogP contribution in [0.1, 0.15) is 6.42 Å². The van der Waals surface area contributed by atoms with Crippen LogP contribution in [0.25, 0.3) is 22.3 Å². The van der Waals surface area contributed by atoms with E-state index < -0.39 is 0 Å². The maximum absolute atomic E-state index is 11.5. The fraction of sp³-hybridized carbons (Fsp3) is 0.381. The number of ketones is 1. The van der Waals surface area contributed by atoms with Crippen molar-refractivity contribution in [1.29, 1.82) is 0 Å². The molecule has 0 unspecified atom stereocenters. The smallest absolute Gasteiger partial charge is 0.154 e. The summed E-state index contributed by atoms with van der Waals surface area (Å²) >= 11 is 0. The molecule has 1 atom stereocenters. The van der Waals surface area contributed by atoms with E-state index in [1.807, 2.05) is 23.1 Å². The van der Waals surface area contributed by atoms with Crippen LogP contribution in [0.3, 0.4) is 0 Å². The lowest BCUT2D eigenvalue weighted by molar-refractivity contribution is -0.116. The Labute approximate surface area is 173 Å². The van der Waals surface area contributed by atoms with Gasteiger partial charge in [0, 0.05) is 56.8 Å². The van der Waals surface area contributed by atoms with Crippen molar-refractivity contribution >= 4 is 28.5 Å². The van der Waals surface area contributed by atoms with E-state index in [0.717, 1.165) is 47.7 Å². The van der Waals surface area contributed by atoms with E-state index >= 15 is 0 Å². The topological polar surface area (TPSA) is 105 Å². The normalized spacial score (nSPS) is 19.4. The fourth-order valence-electron chi connectivity index (χ4n) is 3.76. The number of rotatable bonds is 5. The Balaban J connectivity index is 1.41. The number of aromatic nitrogens is 4. The molecule has 30 heavy (non-hydrogen) atoms. The number of hydrogen-bond acceptors (Lipinski definition) is 9. The predicted molar refractivity (Wildman–Crippen MR) is 114 cm³/mol. The Bertz CT molecular complexity index is 1050. The summed E-state index contributed by atoms with van der Waals surface area (Å²) in [6, 6.07) is 5.83. The molecular formula is C21H23N7O2. The van der Waals surface area contributed by atoms with Gasteiger partial charge >= 0.3 is 0 Å². The maximum Gasteiger partial charge on any atom is 0.154 e. The quantitative estimate of drug-likeness (QED) is 0.649. The van der Waals surface area contributed by atoms with Crippen molar-refractivity contribution in [2.45, 2.75) is 12.5 Å². The summed E-state index contributed by atoms with van der Waals surface area (Å²) in [5.74, 6) is 1.74. The highest BCUT2D eigenvalue weighted by Crippen LogP contribution is 2.26. The number of ether oxygens (including phenoxy) is 1. The number of hydrogen-bond donors (Lipinski definition) is 2. The van der Waals surface area contributed by atoms with Crippen LogP contribution in [-0.4, -0.2) is 71.2 Å². The Morgan fingerprint density at radius 1 is 1.23 bits per heavy atom. The summed E-state index contributed by atoms with van der Waals surface area (Å²) in [7, 11) is 0. The summed E-state index contributed by atoms with van der Waals surface area (Å²) < 4.78 is 5.77. The highest BCUT2D eigenvalue weighted by Gasteiger charge is 2.20. The van der Waals surface area contributed by atoms with E-state index in [0.29, 0.717) is 31.9 Å². The lowest BCUT2D eigenvalue weighted by Crippen LogP contribution is -2.42. The molecule has 0 radical (unpaired) electrons. The van der Waals surface area contributed by atoms with Gasteiger partial charge in [0.2, 0.25) is 0 Å². The summed E-state index contributed by atoms with van der Waals surface area (Å²) in [5, 5.41) is 6.71. The van der Waals surface area contributed by atoms with Gasteiger partial charge in [-0.15, -0.1) is 0 Å². The molecule has 0 amide bonds. The molecule has 154 valence electrons. The molecule has 0 aromatic carbocycles. The van der Waals surface area contributed by atoms with E-state index in [2.05, 4.69) is 25.6 Å². The summed E-state index contributed by atoms with van der Waals surface area (Å²) in [6.45, 7) is 4.19. The van der Waals surface area contributed by atoms with Gasteiger partial charge in [-0.25, -0.2) is 15.0 Å². The van der Waals surface area contributed by atoms with Crippen molar-refractivity contribution in [1.82, 2.24) is 25.3 Å². The Morgan fingerprint density at radius 3 is 2.93 bits per heavy atom. The molecular weight excluding hydrogens is 382 g/mol. The molecule has 3 aromatic heterocycles. The van der Waals surface area contributed by atoms with Gasteiger partial charge in [-0.3, -0.25) is 9.78 Å². The zero-order valence-corrected chi connectivity index (χ0v) is 16.5. The van der Waals surface area contributed by atoms with Crippen LogP contribution >= 0.6 is 0 Å². The number of nitrogens with one attached hydrogen (secondary N) is 2. The molecule has 9 nitrogen and oxygen atoms in total. The molecule has 5 heterocycles. The number of Topliss-reactive ketones (excluding diaryl/α,β-unsaturated/α-hetero) is 1. The Morgan fingerprint density at radius 2 is 2.17 bits per heavy atom. The lowest BCUT2D eigenvalue weighted by Gasteiger charge is -2.24. The minimum absolute atomic E-state index is 0.0834. The van der Waals surface area contributed by atoms with Crippen LogP contribution in [0.5, 0.6) is 0 Å². The molecule has 2 saturated heterocycles. The van der Waals surface area contributed by atoms with E-state index in [-0.39, 0.29) is 11.9 Å². The number of carbonyl (C=O) groups is 1. The van der Waals surface area contributed by atoms with Crippen LogP contribution in [0.2, 0.25) is 0 Å². The van der Waals surface area contributed by atoms with Gasteiger partial charge in [-0.05, 0) is 18.2 Å². The molecule has 2 fully saturated rings. The Kier molecular flexibility index (Phi) is 5.20. The van der Waals surface area contributed by atoms with Crippen molar-refractivity contribution < 1.29 is 9.53 Å². The minimum atomic E-state index is 0.0834. The molecule has 0 aliphatic carbocycles. The Hall–Kier alpha value is -3.17. The first-order valence-corrected chi connectivity index (χ1v) is 10.2. The molecule has 2 aliphatic rings. The van der Waals surface area contributed by atoms with Crippen molar-refractivity contribution in [3.63, 3.8) is 0 Å². The zero-order chi connectivity index (χ0) is 20.3. The van der Waals surface area contributed by atoms with Crippen LogP contribution in [-0.2, 0) is 9.53 Å². The van der Waals surface area contributed by atoms with Gasteiger partial charge in [0.25, 0.3) is 0 Å². The molecule has 2 N–H and O–H groups in total. The first-order valence-electron chi connectivity index (χ1n) is 10.2. The zero-order valence-electron chi connectivity index (χ0n) is 16.5. The highest BCUT2D eigenvalue weighted by molar-refractivity contribution is 5.89. The minimum Gasteiger partial charge on any atom is -0.374 e. The molecule has 9 heteroatoms. The van der Waals surface area contributed by atoms with Crippen molar-refractivity contribution in [3.8, 4) is 11.3 Å². The van der Waals surface area contributed by atoms with Gasteiger partial charge in [0.15, 0.2) is 11.6 Å². The van der Waals surface area contributed by atoms with Gasteiger partial charge in [0.1, 0.15) is 11.3 Å². The first kappa shape index (κ1) is 18.8. The second-order valence-corrected chi connectivity index (χ2v) is 7.47. The third kappa shape index (κ3) is 3.94. The number of nitrogens with zero attached hydrogens (tertiary/aromatic N) is 5. The van der Waals surface area contributed by atoms with Crippen molar-refractivity contribution in [3.05, 3.63) is 36.8 Å². The molecule has 2 aliphatic heterocycles. The summed E-state index contributed by atoms with van der Waals surface area (Å²) in [6.07, 6.45) is 5.81. The number of anilines is 2. The molecule has 3 aromatic rings. The second kappa shape index (κ2) is 8.29. The second-order valence-electron chi connectivity index (χ2n) is 7.47. The van der Waals surface area contributed by atoms with Crippen molar-refractivity contribution in [2.75, 3.05) is 49.5 Å². The van der Waals surface area contributed by atoms with E-state index in [4.69, 9.17) is 9.72 Å². The fourth-order valence-corrected chi connectivity index (χ4v) is 3.76. The summed E-state index contributed by atoms with van der Waals surface area (Å²) in [5.41, 5.74) is 3.15. The van der Waals surface area contributed by atoms with E-state index in [1.54, 1.807) is 18.6 Å². The van der Waals surface area contributed by atoms with Gasteiger partial charge in [0.05, 0.1) is 30.5 Å². The average Bonchev–Trinajstić information content (AvgIpc) is 3.24. The third-order valence-corrected chi connectivity index (χ3v) is 5.35. The molecule has 0 saturated carbocycles. The van der Waals surface area contributed by atoms with E-state index in [1.165, 1.54) is 0 Å². The van der Waals surface area contributed by atoms with Gasteiger partial charge < -0.3 is 20.3 Å². The maximum atomic E-state index is 11.5. The molecule has 0 spiro atoms. The van der Waals surface area contributed by atoms with Crippen LogP contribution < -0.4 is 15.5 Å². The van der Waals surface area contributed by atoms with Crippen LogP contribution in [0.15, 0.2) is 36.8 Å². The SMILES string of the molecule is O=C1CCN(c2ccc(-c3cc4nccnc4c(NC[C@@H]4CNCCO4)n3)cn2)C1. The molecule has 5 rings (SSSR count). The highest BCUT2D eigenvalue weighted by atomic mass is 16.5. The van der Waals surface area contributed by atoms with Crippen LogP contribution in [0.4, 0.5) is 11.6 Å². The van der Waals surface area contributed by atoms with Crippen molar-refractivity contribution in [2.24, 2.45) is 0 Å². The monoisotopic (exact) mass is 405 g/mol. The third-order valence-electron chi connectivity index (χ3n) is 5.35. The lowest BCUT2D eigenvalue weighted by atomic mass is 10.1. The largest absolute Gasteiger partial charge is 0.374 e. The number of carbonyl (C=O) groups excluding carboxylic acids is 1. The van der Waals surface area contributed by atoms with Gasteiger partial charge in [-0.1, -0.05) is 0 Å². The number of pyridine rings is 2. The first-order chi connectivity index (χ1) is 14.8. The number of morpholine rings is 1. The van der Waals surface area contributed by atoms with E-state index in [9.17, 15) is 4.79 Å². The predicted octanol–water partition coefficient (Wildman–Crippen LogP) is 1.27. The van der Waals surface area contributed by atoms with Gasteiger partial charge in [-0.2, -0.15) is 0 Å². The standard InChI is InChI=1S/C21H23N7O2/c29-15-3-7-28(13-15)19-2-1-14(10-25-19)17-9-18-20(24-5-4-23-18)21(27-17)26-12-16-11-22-6-8-30-16/h1-2,4-5,9-10,16,22H,3,6-8,11-13H2,(H,26,27)/t16-/m0/s1. The average molecular weight is 405 g/mol.